The van der Waals surface area contributed by atoms with E-state index in [1.54, 1.807) is 19.1 Å². The molecule has 1 saturated heterocycles. The first-order valence-electron chi connectivity index (χ1n) is 10.4. The number of hydrogen-bond donors (Lipinski definition) is 0. The quantitative estimate of drug-likeness (QED) is 0.566. The lowest BCUT2D eigenvalue weighted by Gasteiger charge is -2.34. The summed E-state index contributed by atoms with van der Waals surface area (Å²) in [7, 11) is 0. The molecule has 0 bridgehead atoms. The van der Waals surface area contributed by atoms with Crippen LogP contribution in [0.5, 0.6) is 5.75 Å². The lowest BCUT2D eigenvalue weighted by molar-refractivity contribution is 0.0616. The summed E-state index contributed by atoms with van der Waals surface area (Å²) in [5.74, 6) is 1.02. The molecule has 2 heterocycles. The van der Waals surface area contributed by atoms with Crippen LogP contribution in [-0.2, 0) is 13.2 Å². The van der Waals surface area contributed by atoms with Crippen LogP contribution in [0.4, 0.5) is 0 Å². The molecule has 1 aromatic heterocycles. The topological polar surface area (TPSA) is 58.8 Å². The van der Waals surface area contributed by atoms with E-state index in [-0.39, 0.29) is 12.5 Å². The Hall–Kier alpha value is -2.83. The van der Waals surface area contributed by atoms with Crippen molar-refractivity contribution in [3.63, 3.8) is 0 Å². The van der Waals surface area contributed by atoms with E-state index in [1.165, 1.54) is 11.1 Å². The Morgan fingerprint density at radius 2 is 1.87 bits per heavy atom. The highest BCUT2D eigenvalue weighted by Crippen LogP contribution is 2.26. The van der Waals surface area contributed by atoms with Gasteiger partial charge in [-0.05, 0) is 31.5 Å². The van der Waals surface area contributed by atoms with E-state index in [0.717, 1.165) is 19.6 Å². The van der Waals surface area contributed by atoms with Gasteiger partial charge in [-0.1, -0.05) is 58.7 Å². The SMILES string of the molecule is Cc1cccc(CN2CCN(C(=O)c3noc(C)c3COc3ccccc3Cl)CC2)c1. The molecule has 2 aromatic carbocycles. The molecule has 0 spiro atoms. The molecule has 3 aromatic rings. The van der Waals surface area contributed by atoms with Gasteiger partial charge in [0.05, 0.1) is 10.6 Å². The van der Waals surface area contributed by atoms with Crippen LogP contribution < -0.4 is 4.74 Å². The van der Waals surface area contributed by atoms with E-state index < -0.39 is 0 Å². The lowest BCUT2D eigenvalue weighted by atomic mass is 10.1. The van der Waals surface area contributed by atoms with Gasteiger partial charge in [0.25, 0.3) is 5.91 Å². The van der Waals surface area contributed by atoms with E-state index in [4.69, 9.17) is 20.9 Å². The summed E-state index contributed by atoms with van der Waals surface area (Å²) in [5.41, 5.74) is 3.54. The summed E-state index contributed by atoms with van der Waals surface area (Å²) in [4.78, 5) is 17.3. The van der Waals surface area contributed by atoms with Crippen LogP contribution in [0.1, 0.15) is 32.9 Å². The number of ether oxygens (including phenoxy) is 1. The molecule has 0 unspecified atom stereocenters. The average Bonchev–Trinajstić information content (AvgIpc) is 3.13. The number of halogens is 1. The molecule has 0 N–H and O–H groups in total. The number of aromatic nitrogens is 1. The third-order valence-corrected chi connectivity index (χ3v) is 5.86. The third-order valence-electron chi connectivity index (χ3n) is 5.54. The molecule has 1 amide bonds. The molecule has 0 atom stereocenters. The van der Waals surface area contributed by atoms with Crippen molar-refractivity contribution >= 4 is 17.5 Å². The Labute approximate surface area is 187 Å². The van der Waals surface area contributed by atoms with Gasteiger partial charge in [-0.25, -0.2) is 0 Å². The van der Waals surface area contributed by atoms with Gasteiger partial charge in [0.15, 0.2) is 5.69 Å². The summed E-state index contributed by atoms with van der Waals surface area (Å²) in [6, 6.07) is 15.8. The Bertz CT molecular complexity index is 1060. The van der Waals surface area contributed by atoms with Gasteiger partial charge >= 0.3 is 0 Å². The van der Waals surface area contributed by atoms with Crippen molar-refractivity contribution in [1.82, 2.24) is 15.0 Å². The number of aryl methyl sites for hydroxylation is 2. The Kier molecular flexibility index (Phi) is 6.59. The standard InChI is InChI=1S/C24H26ClN3O3/c1-17-6-5-7-19(14-17)15-27-10-12-28(13-11-27)24(29)23-20(18(2)31-26-23)16-30-22-9-4-3-8-21(22)25/h3-9,14H,10-13,15-16H2,1-2H3. The molecule has 4 rings (SSSR count). The van der Waals surface area contributed by atoms with Gasteiger partial charge in [-0.2, -0.15) is 0 Å². The molecule has 0 aliphatic carbocycles. The largest absolute Gasteiger partial charge is 0.487 e. The second-order valence-electron chi connectivity index (χ2n) is 7.84. The van der Waals surface area contributed by atoms with Crippen LogP contribution in [-0.4, -0.2) is 47.0 Å². The number of nitrogens with zero attached hydrogens (tertiary/aromatic N) is 3. The minimum atomic E-state index is -0.121. The average molecular weight is 440 g/mol. The zero-order chi connectivity index (χ0) is 21.8. The van der Waals surface area contributed by atoms with Gasteiger partial charge in [0, 0.05) is 32.7 Å². The van der Waals surface area contributed by atoms with Crippen LogP contribution in [0.2, 0.25) is 5.02 Å². The van der Waals surface area contributed by atoms with Crippen molar-refractivity contribution < 1.29 is 14.1 Å². The normalized spacial score (nSPS) is 14.6. The second-order valence-corrected chi connectivity index (χ2v) is 8.25. The van der Waals surface area contributed by atoms with Gasteiger partial charge < -0.3 is 14.2 Å². The molecule has 1 fully saturated rings. The van der Waals surface area contributed by atoms with Crippen LogP contribution in [0, 0.1) is 13.8 Å². The fraction of sp³-hybridized carbons (Fsp3) is 0.333. The highest BCUT2D eigenvalue weighted by Gasteiger charge is 2.28. The summed E-state index contributed by atoms with van der Waals surface area (Å²) < 4.78 is 11.1. The fourth-order valence-electron chi connectivity index (χ4n) is 3.77. The molecule has 6 nitrogen and oxygen atoms in total. The maximum atomic E-state index is 13.1. The van der Waals surface area contributed by atoms with Crippen LogP contribution >= 0.6 is 11.6 Å². The molecule has 1 aliphatic heterocycles. The summed E-state index contributed by atoms with van der Waals surface area (Å²) in [5, 5.41) is 4.55. The van der Waals surface area contributed by atoms with Crippen LogP contribution in [0.15, 0.2) is 53.1 Å². The van der Waals surface area contributed by atoms with E-state index in [9.17, 15) is 4.79 Å². The van der Waals surface area contributed by atoms with Crippen molar-refractivity contribution in [2.24, 2.45) is 0 Å². The predicted molar refractivity (Wildman–Crippen MR) is 119 cm³/mol. The molecular formula is C24H26ClN3O3. The molecule has 0 radical (unpaired) electrons. The lowest BCUT2D eigenvalue weighted by Crippen LogP contribution is -2.48. The van der Waals surface area contributed by atoms with E-state index in [1.807, 2.05) is 17.0 Å². The number of carbonyl (C=O) groups excluding carboxylic acids is 1. The van der Waals surface area contributed by atoms with Gasteiger partial charge in [-0.3, -0.25) is 9.69 Å². The number of rotatable bonds is 6. The zero-order valence-corrected chi connectivity index (χ0v) is 18.6. The maximum absolute atomic E-state index is 13.1. The maximum Gasteiger partial charge on any atom is 0.276 e. The minimum absolute atomic E-state index is 0.121. The molecule has 1 aliphatic rings. The third kappa shape index (κ3) is 5.09. The number of benzene rings is 2. The summed E-state index contributed by atoms with van der Waals surface area (Å²) >= 11 is 6.16. The smallest absolute Gasteiger partial charge is 0.276 e. The predicted octanol–water partition coefficient (Wildman–Crippen LogP) is 4.48. The van der Waals surface area contributed by atoms with Crippen LogP contribution in [0.3, 0.4) is 0 Å². The number of para-hydroxylation sites is 1. The fourth-order valence-corrected chi connectivity index (χ4v) is 3.96. The zero-order valence-electron chi connectivity index (χ0n) is 17.8. The number of carbonyl (C=O) groups is 1. The van der Waals surface area contributed by atoms with E-state index in [0.29, 0.717) is 40.9 Å². The minimum Gasteiger partial charge on any atom is -0.487 e. The Morgan fingerprint density at radius 3 is 2.61 bits per heavy atom. The molecule has 31 heavy (non-hydrogen) atoms. The van der Waals surface area contributed by atoms with Gasteiger partial charge in [0.2, 0.25) is 0 Å². The first-order valence-corrected chi connectivity index (χ1v) is 10.8. The van der Waals surface area contributed by atoms with Crippen molar-refractivity contribution in [3.8, 4) is 5.75 Å². The van der Waals surface area contributed by atoms with Crippen LogP contribution in [0.25, 0.3) is 0 Å². The summed E-state index contributed by atoms with van der Waals surface area (Å²) in [6.45, 7) is 7.91. The molecule has 162 valence electrons. The first kappa shape index (κ1) is 21.4. The first-order chi connectivity index (χ1) is 15.0. The second kappa shape index (κ2) is 9.54. The van der Waals surface area contributed by atoms with Crippen molar-refractivity contribution in [2.45, 2.75) is 27.0 Å². The molecule has 7 heteroatoms. The van der Waals surface area contributed by atoms with Gasteiger partial charge in [0.1, 0.15) is 18.1 Å². The van der Waals surface area contributed by atoms with Crippen molar-refractivity contribution in [2.75, 3.05) is 26.2 Å². The Morgan fingerprint density at radius 1 is 1.10 bits per heavy atom. The highest BCUT2D eigenvalue weighted by atomic mass is 35.5. The number of amides is 1. The number of hydrogen-bond acceptors (Lipinski definition) is 5. The Balaban J connectivity index is 1.37. The van der Waals surface area contributed by atoms with Crippen molar-refractivity contribution in [3.05, 3.63) is 81.7 Å². The molecule has 0 saturated carbocycles. The highest BCUT2D eigenvalue weighted by molar-refractivity contribution is 6.32. The molecular weight excluding hydrogens is 414 g/mol. The van der Waals surface area contributed by atoms with Gasteiger partial charge in [-0.15, -0.1) is 0 Å². The van der Waals surface area contributed by atoms with E-state index in [2.05, 4.69) is 41.2 Å². The van der Waals surface area contributed by atoms with E-state index >= 15 is 0 Å². The van der Waals surface area contributed by atoms with Crippen molar-refractivity contribution in [1.29, 1.82) is 0 Å². The monoisotopic (exact) mass is 439 g/mol. The summed E-state index contributed by atoms with van der Waals surface area (Å²) in [6.07, 6.45) is 0. The number of piperazine rings is 1.